The summed E-state index contributed by atoms with van der Waals surface area (Å²) in [4.78, 5) is 11.9. The van der Waals surface area contributed by atoms with Gasteiger partial charge < -0.3 is 9.32 Å². The number of benzene rings is 7. The Morgan fingerprint density at radius 1 is 0.481 bits per heavy atom. The summed E-state index contributed by atoms with van der Waals surface area (Å²) in [5, 5.41) is 23.5. The fraction of sp³-hybridized carbons (Fsp3) is 0. The molecule has 6 nitrogen and oxygen atoms in total. The van der Waals surface area contributed by atoms with Crippen LogP contribution in [0.5, 0.6) is 0 Å². The number of fused-ring (bicyclic) bond motifs is 4. The van der Waals surface area contributed by atoms with Crippen molar-refractivity contribution in [3.05, 3.63) is 175 Å². The number of para-hydroxylation sites is 3. The van der Waals surface area contributed by atoms with Crippen LogP contribution in [0.25, 0.3) is 66.6 Å². The van der Waals surface area contributed by atoms with Crippen LogP contribution in [0, 0.1) is 22.7 Å². The molecule has 242 valence electrons. The van der Waals surface area contributed by atoms with Crippen molar-refractivity contribution in [3.63, 3.8) is 0 Å². The second-order valence-corrected chi connectivity index (χ2v) is 12.4. The van der Waals surface area contributed by atoms with Gasteiger partial charge in [0.1, 0.15) is 17.7 Å². The van der Waals surface area contributed by atoms with Crippen LogP contribution < -0.4 is 4.90 Å². The van der Waals surface area contributed by atoms with Gasteiger partial charge in [0.2, 0.25) is 0 Å². The van der Waals surface area contributed by atoms with Gasteiger partial charge in [0.15, 0.2) is 11.4 Å². The van der Waals surface area contributed by atoms with Crippen molar-refractivity contribution in [2.24, 2.45) is 0 Å². The van der Waals surface area contributed by atoms with Gasteiger partial charge in [0.25, 0.3) is 0 Å². The number of furan rings is 1. The first-order valence-corrected chi connectivity index (χ1v) is 16.9. The summed E-state index contributed by atoms with van der Waals surface area (Å²) in [6.45, 7) is 0. The molecule has 0 saturated carbocycles. The number of nitriles is 2. The van der Waals surface area contributed by atoms with E-state index >= 15 is 0 Å². The van der Waals surface area contributed by atoms with Gasteiger partial charge in [0.05, 0.1) is 33.7 Å². The van der Waals surface area contributed by atoms with Crippen LogP contribution in [0.1, 0.15) is 11.1 Å². The lowest BCUT2D eigenvalue weighted by Gasteiger charge is -2.27. The summed E-state index contributed by atoms with van der Waals surface area (Å²) < 4.78 is 6.52. The normalized spacial score (nSPS) is 11.0. The maximum Gasteiger partial charge on any atom is 0.160 e. The standard InChI is InChI=1S/C46H27N5O/c47-28-34-15-9-18-39-43(49-46(50-44(34)39)32-13-5-2-6-14-32)33-23-26-40(35(27-33)29-48)51(36-24-21-31(22-25-36)30-11-3-1-4-12-30)41-19-10-17-38-37-16-7-8-20-42(37)52-45(38)41/h1-27H. The van der Waals surface area contributed by atoms with Crippen molar-refractivity contribution >= 4 is 49.9 Å². The highest BCUT2D eigenvalue weighted by molar-refractivity contribution is 6.10. The van der Waals surface area contributed by atoms with E-state index in [4.69, 9.17) is 14.4 Å². The molecule has 0 bridgehead atoms. The largest absolute Gasteiger partial charge is 0.454 e. The van der Waals surface area contributed by atoms with Crippen molar-refractivity contribution in [2.75, 3.05) is 4.90 Å². The van der Waals surface area contributed by atoms with Gasteiger partial charge in [-0.15, -0.1) is 0 Å². The Morgan fingerprint density at radius 3 is 1.88 bits per heavy atom. The van der Waals surface area contributed by atoms with E-state index in [1.807, 2.05) is 109 Å². The van der Waals surface area contributed by atoms with E-state index in [1.54, 1.807) is 6.07 Å². The van der Waals surface area contributed by atoms with Crippen LogP contribution in [-0.4, -0.2) is 9.97 Å². The van der Waals surface area contributed by atoms with Gasteiger partial charge in [-0.25, -0.2) is 9.97 Å². The van der Waals surface area contributed by atoms with Gasteiger partial charge in [-0.1, -0.05) is 121 Å². The van der Waals surface area contributed by atoms with Crippen LogP contribution in [-0.2, 0) is 0 Å². The third-order valence-electron chi connectivity index (χ3n) is 9.37. The maximum atomic E-state index is 10.8. The zero-order valence-electron chi connectivity index (χ0n) is 27.7. The van der Waals surface area contributed by atoms with Gasteiger partial charge in [-0.2, -0.15) is 10.5 Å². The molecule has 2 aromatic heterocycles. The van der Waals surface area contributed by atoms with E-state index in [1.165, 1.54) is 0 Å². The minimum atomic E-state index is 0.446. The molecule has 7 aromatic carbocycles. The molecule has 0 amide bonds. The summed E-state index contributed by atoms with van der Waals surface area (Å²) in [6, 6.07) is 58.6. The molecule has 9 rings (SSSR count). The highest BCUT2D eigenvalue weighted by Crippen LogP contribution is 2.44. The average molecular weight is 666 g/mol. The Labute approximate surface area is 299 Å². The third kappa shape index (κ3) is 5.20. The summed E-state index contributed by atoms with van der Waals surface area (Å²) in [6.07, 6.45) is 0. The number of aromatic nitrogens is 2. The average Bonchev–Trinajstić information content (AvgIpc) is 3.61. The lowest BCUT2D eigenvalue weighted by Crippen LogP contribution is -2.12. The number of anilines is 3. The van der Waals surface area contributed by atoms with Crippen molar-refractivity contribution in [3.8, 4) is 45.9 Å². The molecule has 0 unspecified atom stereocenters. The fourth-order valence-corrected chi connectivity index (χ4v) is 6.90. The molecule has 0 radical (unpaired) electrons. The maximum absolute atomic E-state index is 10.8. The first-order chi connectivity index (χ1) is 25.7. The van der Waals surface area contributed by atoms with Crippen molar-refractivity contribution in [1.29, 1.82) is 10.5 Å². The molecule has 0 aliphatic carbocycles. The SMILES string of the molecule is N#Cc1cc(-c2nc(-c3ccccc3)nc3c(C#N)cccc23)ccc1N(c1ccc(-c2ccccc2)cc1)c1cccc2c1oc1ccccc12. The Morgan fingerprint density at radius 2 is 1.12 bits per heavy atom. The minimum Gasteiger partial charge on any atom is -0.454 e. The molecule has 52 heavy (non-hydrogen) atoms. The van der Waals surface area contributed by atoms with Gasteiger partial charge in [-0.05, 0) is 53.6 Å². The van der Waals surface area contributed by atoms with Crippen LogP contribution in [0.2, 0.25) is 0 Å². The number of nitrogens with zero attached hydrogens (tertiary/aromatic N) is 5. The second kappa shape index (κ2) is 12.7. The predicted octanol–water partition coefficient (Wildman–Crippen LogP) is 11.7. The summed E-state index contributed by atoms with van der Waals surface area (Å²) >= 11 is 0. The van der Waals surface area contributed by atoms with Gasteiger partial charge in [0, 0.05) is 33.0 Å². The second-order valence-electron chi connectivity index (χ2n) is 12.4. The molecular weight excluding hydrogens is 639 g/mol. The van der Waals surface area contributed by atoms with E-state index < -0.39 is 0 Å². The molecule has 0 fully saturated rings. The fourth-order valence-electron chi connectivity index (χ4n) is 6.90. The van der Waals surface area contributed by atoms with Crippen molar-refractivity contribution in [1.82, 2.24) is 9.97 Å². The highest BCUT2D eigenvalue weighted by Gasteiger charge is 2.23. The Kier molecular flexibility index (Phi) is 7.47. The lowest BCUT2D eigenvalue weighted by molar-refractivity contribution is 0.669. The first kappa shape index (κ1) is 30.5. The number of hydrogen-bond acceptors (Lipinski definition) is 6. The highest BCUT2D eigenvalue weighted by atomic mass is 16.3. The summed E-state index contributed by atoms with van der Waals surface area (Å²) in [5.74, 6) is 0.505. The van der Waals surface area contributed by atoms with Crippen LogP contribution in [0.4, 0.5) is 17.1 Å². The summed E-state index contributed by atoms with van der Waals surface area (Å²) in [7, 11) is 0. The molecule has 9 aromatic rings. The topological polar surface area (TPSA) is 89.7 Å². The Bertz CT molecular complexity index is 2870. The monoisotopic (exact) mass is 665 g/mol. The zero-order valence-corrected chi connectivity index (χ0v) is 27.7. The number of rotatable bonds is 6. The molecule has 0 spiro atoms. The molecule has 6 heteroatoms. The van der Waals surface area contributed by atoms with E-state index in [0.717, 1.165) is 61.0 Å². The predicted molar refractivity (Wildman–Crippen MR) is 207 cm³/mol. The van der Waals surface area contributed by atoms with E-state index in [9.17, 15) is 10.5 Å². The molecule has 0 saturated heterocycles. The van der Waals surface area contributed by atoms with Crippen LogP contribution in [0.15, 0.2) is 168 Å². The Balaban J connectivity index is 1.25. The van der Waals surface area contributed by atoms with Crippen LogP contribution in [0.3, 0.4) is 0 Å². The quantitative estimate of drug-likeness (QED) is 0.176. The molecule has 2 heterocycles. The zero-order chi connectivity index (χ0) is 35.0. The molecule has 0 N–H and O–H groups in total. The lowest BCUT2D eigenvalue weighted by atomic mass is 9.99. The number of hydrogen-bond donors (Lipinski definition) is 0. The van der Waals surface area contributed by atoms with Crippen molar-refractivity contribution in [2.45, 2.75) is 0 Å². The Hall–Kier alpha value is -7.54. The molecular formula is C46H27N5O. The van der Waals surface area contributed by atoms with E-state index in [2.05, 4.69) is 65.6 Å². The van der Waals surface area contributed by atoms with Crippen molar-refractivity contribution < 1.29 is 4.42 Å². The third-order valence-corrected chi connectivity index (χ3v) is 9.37. The molecule has 0 aliphatic heterocycles. The van der Waals surface area contributed by atoms with Crippen LogP contribution >= 0.6 is 0 Å². The summed E-state index contributed by atoms with van der Waals surface area (Å²) in [5.41, 5.74) is 9.77. The van der Waals surface area contributed by atoms with E-state index in [-0.39, 0.29) is 0 Å². The smallest absolute Gasteiger partial charge is 0.160 e. The molecule has 0 aliphatic rings. The van der Waals surface area contributed by atoms with Gasteiger partial charge in [-0.3, -0.25) is 0 Å². The van der Waals surface area contributed by atoms with E-state index in [0.29, 0.717) is 33.8 Å². The van der Waals surface area contributed by atoms with Gasteiger partial charge >= 0.3 is 0 Å². The first-order valence-electron chi connectivity index (χ1n) is 16.9. The minimum absolute atomic E-state index is 0.446. The molecule has 0 atom stereocenters.